The summed E-state index contributed by atoms with van der Waals surface area (Å²) >= 11 is 0. The van der Waals surface area contributed by atoms with Gasteiger partial charge in [0, 0.05) is 5.70 Å². The molecule has 138 valence electrons. The molecule has 3 rings (SSSR count). The predicted octanol–water partition coefficient (Wildman–Crippen LogP) is 1.49. The zero-order valence-corrected chi connectivity index (χ0v) is 14.8. The highest BCUT2D eigenvalue weighted by Gasteiger charge is 2.39. The van der Waals surface area contributed by atoms with Crippen LogP contribution in [0.15, 0.2) is 30.5 Å². The topological polar surface area (TPSA) is 117 Å². The van der Waals surface area contributed by atoms with Crippen molar-refractivity contribution >= 4 is 11.9 Å². The van der Waals surface area contributed by atoms with Crippen molar-refractivity contribution in [1.82, 2.24) is 20.2 Å². The molecule has 0 bridgehead atoms. The van der Waals surface area contributed by atoms with Crippen LogP contribution in [0, 0.1) is 5.92 Å². The van der Waals surface area contributed by atoms with Gasteiger partial charge in [0.2, 0.25) is 11.9 Å². The number of nitrogens with zero attached hydrogens (tertiary/aromatic N) is 4. The fourth-order valence-corrected chi connectivity index (χ4v) is 2.99. The molecule has 1 aromatic carbocycles. The standard InChI is InChI=1S/C17H22N6O3/c1-4-8-26-12-7-6-11(9-13(12)25-5-2)15-14(16(18)24)10(3)19-17-20-21-22-23(15)17/h6-7,9,14-15H,3-5,8H2,1-2H3,(H2,18,24)(H,19,20,22). The summed E-state index contributed by atoms with van der Waals surface area (Å²) < 4.78 is 13.0. The highest BCUT2D eigenvalue weighted by molar-refractivity contribution is 5.82. The molecule has 2 unspecified atom stereocenters. The van der Waals surface area contributed by atoms with E-state index in [0.29, 0.717) is 36.4 Å². The number of benzene rings is 1. The monoisotopic (exact) mass is 358 g/mol. The Bertz CT molecular complexity index is 819. The Kier molecular flexibility index (Phi) is 5.06. The first-order chi connectivity index (χ1) is 12.6. The summed E-state index contributed by atoms with van der Waals surface area (Å²) in [6, 6.07) is 4.99. The lowest BCUT2D eigenvalue weighted by Crippen LogP contribution is -2.40. The molecule has 1 aliphatic heterocycles. The van der Waals surface area contributed by atoms with Gasteiger partial charge in [0.1, 0.15) is 5.92 Å². The smallest absolute Gasteiger partial charge is 0.247 e. The average molecular weight is 358 g/mol. The average Bonchev–Trinajstić information content (AvgIpc) is 3.07. The quantitative estimate of drug-likeness (QED) is 0.770. The normalized spacial score (nSPS) is 18.8. The molecule has 0 spiro atoms. The lowest BCUT2D eigenvalue weighted by atomic mass is 9.88. The fraction of sp³-hybridized carbons (Fsp3) is 0.412. The van der Waals surface area contributed by atoms with Crippen molar-refractivity contribution in [3.8, 4) is 11.5 Å². The van der Waals surface area contributed by atoms with Crippen LogP contribution < -0.4 is 20.5 Å². The minimum absolute atomic E-state index is 0.404. The Hall–Kier alpha value is -3.10. The first-order valence-corrected chi connectivity index (χ1v) is 8.49. The number of hydrogen-bond donors (Lipinski definition) is 2. The van der Waals surface area contributed by atoms with Crippen LogP contribution >= 0.6 is 0 Å². The van der Waals surface area contributed by atoms with Gasteiger partial charge in [0.15, 0.2) is 11.5 Å². The van der Waals surface area contributed by atoms with Gasteiger partial charge in [0.25, 0.3) is 0 Å². The van der Waals surface area contributed by atoms with Crippen molar-refractivity contribution in [3.05, 3.63) is 36.0 Å². The SMILES string of the molecule is C=C1Nc2nnnn2C(c2ccc(OCCC)c(OCC)c2)C1C(N)=O. The Labute approximate surface area is 151 Å². The van der Waals surface area contributed by atoms with Crippen molar-refractivity contribution < 1.29 is 14.3 Å². The Balaban J connectivity index is 2.06. The van der Waals surface area contributed by atoms with Crippen molar-refractivity contribution in [3.63, 3.8) is 0 Å². The second-order valence-corrected chi connectivity index (χ2v) is 5.91. The van der Waals surface area contributed by atoms with Gasteiger partial charge in [-0.25, -0.2) is 4.68 Å². The van der Waals surface area contributed by atoms with Crippen LogP contribution in [0.1, 0.15) is 31.9 Å². The number of ether oxygens (including phenoxy) is 2. The number of fused-ring (bicyclic) bond motifs is 1. The number of tetrazole rings is 1. The van der Waals surface area contributed by atoms with E-state index < -0.39 is 17.9 Å². The molecule has 9 nitrogen and oxygen atoms in total. The van der Waals surface area contributed by atoms with E-state index in [0.717, 1.165) is 12.0 Å². The number of nitrogens with one attached hydrogen (secondary N) is 1. The number of carbonyl (C=O) groups is 1. The number of rotatable bonds is 7. The van der Waals surface area contributed by atoms with Gasteiger partial charge >= 0.3 is 0 Å². The molecule has 0 saturated heterocycles. The Morgan fingerprint density at radius 2 is 2.15 bits per heavy atom. The molecule has 0 radical (unpaired) electrons. The number of aromatic nitrogens is 4. The summed E-state index contributed by atoms with van der Waals surface area (Å²) in [5.41, 5.74) is 6.85. The van der Waals surface area contributed by atoms with Crippen LogP contribution in [0.2, 0.25) is 0 Å². The number of primary amides is 1. The van der Waals surface area contributed by atoms with E-state index in [1.807, 2.05) is 32.0 Å². The maximum atomic E-state index is 12.1. The van der Waals surface area contributed by atoms with Gasteiger partial charge in [-0.15, -0.1) is 0 Å². The molecule has 0 fully saturated rings. The Morgan fingerprint density at radius 3 is 2.85 bits per heavy atom. The zero-order chi connectivity index (χ0) is 18.7. The molecule has 2 atom stereocenters. The highest BCUT2D eigenvalue weighted by atomic mass is 16.5. The molecule has 3 N–H and O–H groups in total. The number of amides is 1. The number of carbonyl (C=O) groups excluding carboxylic acids is 1. The number of hydrogen-bond acceptors (Lipinski definition) is 7. The second-order valence-electron chi connectivity index (χ2n) is 5.91. The van der Waals surface area contributed by atoms with Gasteiger partial charge in [-0.2, -0.15) is 0 Å². The third-order valence-electron chi connectivity index (χ3n) is 4.10. The third-order valence-corrected chi connectivity index (χ3v) is 4.10. The van der Waals surface area contributed by atoms with Gasteiger partial charge in [-0.1, -0.05) is 24.7 Å². The van der Waals surface area contributed by atoms with Crippen LogP contribution in [0.3, 0.4) is 0 Å². The largest absolute Gasteiger partial charge is 0.490 e. The van der Waals surface area contributed by atoms with Gasteiger partial charge in [-0.3, -0.25) is 4.79 Å². The summed E-state index contributed by atoms with van der Waals surface area (Å²) in [6.07, 6.45) is 0.888. The summed E-state index contributed by atoms with van der Waals surface area (Å²) in [5.74, 6) is 0.431. The van der Waals surface area contributed by atoms with Crippen molar-refractivity contribution in [2.24, 2.45) is 11.7 Å². The van der Waals surface area contributed by atoms with Crippen molar-refractivity contribution in [2.75, 3.05) is 18.5 Å². The lowest BCUT2D eigenvalue weighted by Gasteiger charge is -2.32. The molecule has 1 amide bonds. The third kappa shape index (κ3) is 3.19. The predicted molar refractivity (Wildman–Crippen MR) is 94.8 cm³/mol. The van der Waals surface area contributed by atoms with E-state index in [2.05, 4.69) is 27.4 Å². The van der Waals surface area contributed by atoms with E-state index in [1.165, 1.54) is 4.68 Å². The Morgan fingerprint density at radius 1 is 1.35 bits per heavy atom. The van der Waals surface area contributed by atoms with Crippen molar-refractivity contribution in [1.29, 1.82) is 0 Å². The molecule has 0 saturated carbocycles. The summed E-state index contributed by atoms with van der Waals surface area (Å²) in [5, 5.41) is 14.5. The second kappa shape index (κ2) is 7.42. The van der Waals surface area contributed by atoms with Crippen LogP contribution in [0.5, 0.6) is 11.5 Å². The summed E-state index contributed by atoms with van der Waals surface area (Å²) in [4.78, 5) is 12.1. The maximum Gasteiger partial charge on any atom is 0.247 e. The molecule has 1 aromatic heterocycles. The molecule has 2 heterocycles. The van der Waals surface area contributed by atoms with Crippen LogP contribution in [0.4, 0.5) is 5.95 Å². The minimum Gasteiger partial charge on any atom is -0.490 e. The summed E-state index contributed by atoms with van der Waals surface area (Å²) in [7, 11) is 0. The lowest BCUT2D eigenvalue weighted by molar-refractivity contribution is -0.121. The van der Waals surface area contributed by atoms with E-state index in [-0.39, 0.29) is 0 Å². The van der Waals surface area contributed by atoms with Gasteiger partial charge in [0.05, 0.1) is 19.3 Å². The van der Waals surface area contributed by atoms with Crippen LogP contribution in [-0.2, 0) is 4.79 Å². The fourth-order valence-electron chi connectivity index (χ4n) is 2.99. The van der Waals surface area contributed by atoms with Crippen LogP contribution in [0.25, 0.3) is 0 Å². The molecule has 1 aliphatic rings. The van der Waals surface area contributed by atoms with E-state index >= 15 is 0 Å². The minimum atomic E-state index is -0.706. The molecular weight excluding hydrogens is 336 g/mol. The van der Waals surface area contributed by atoms with Gasteiger partial charge in [-0.05, 0) is 41.5 Å². The van der Waals surface area contributed by atoms with E-state index in [4.69, 9.17) is 15.2 Å². The molecular formula is C17H22N6O3. The molecule has 26 heavy (non-hydrogen) atoms. The number of anilines is 1. The molecule has 9 heteroatoms. The zero-order valence-electron chi connectivity index (χ0n) is 14.8. The molecule has 2 aromatic rings. The highest BCUT2D eigenvalue weighted by Crippen LogP contribution is 2.39. The first-order valence-electron chi connectivity index (χ1n) is 8.49. The number of nitrogens with two attached hydrogens (primary N) is 1. The van der Waals surface area contributed by atoms with E-state index in [9.17, 15) is 4.79 Å². The van der Waals surface area contributed by atoms with Crippen molar-refractivity contribution in [2.45, 2.75) is 26.3 Å². The maximum absolute atomic E-state index is 12.1. The molecule has 0 aliphatic carbocycles. The van der Waals surface area contributed by atoms with Gasteiger partial charge < -0.3 is 20.5 Å². The summed E-state index contributed by atoms with van der Waals surface area (Å²) in [6.45, 7) is 8.92. The first kappa shape index (κ1) is 17.7. The van der Waals surface area contributed by atoms with Crippen LogP contribution in [-0.4, -0.2) is 39.3 Å². The van der Waals surface area contributed by atoms with E-state index in [1.54, 1.807) is 0 Å².